The number of hydrogen-bond acceptors (Lipinski definition) is 4. The topological polar surface area (TPSA) is 46.6 Å². The van der Waals surface area contributed by atoms with Crippen LogP contribution in [0, 0.1) is 5.92 Å². The number of thiophene rings is 1. The number of nitrogens with zero attached hydrogens (tertiary/aromatic N) is 1. The highest BCUT2D eigenvalue weighted by molar-refractivity contribution is 7.14. The molecule has 1 aromatic heterocycles. The van der Waals surface area contributed by atoms with Gasteiger partial charge in [-0.25, -0.2) is 4.79 Å². The lowest BCUT2D eigenvalue weighted by atomic mass is 9.90. The Morgan fingerprint density at radius 3 is 2.78 bits per heavy atom. The predicted molar refractivity (Wildman–Crippen MR) is 106 cm³/mol. The van der Waals surface area contributed by atoms with Crippen LogP contribution in [0.3, 0.4) is 0 Å². The van der Waals surface area contributed by atoms with Crippen LogP contribution in [-0.2, 0) is 35.3 Å². The molecular weight excluding hydrogens is 358 g/mol. The zero-order valence-corrected chi connectivity index (χ0v) is 16.7. The molecular formula is C22H25NO3S. The number of carbonyl (C=O) groups is 2. The Morgan fingerprint density at radius 1 is 1.19 bits per heavy atom. The van der Waals surface area contributed by atoms with E-state index in [9.17, 15) is 9.59 Å². The van der Waals surface area contributed by atoms with Gasteiger partial charge in [-0.1, -0.05) is 31.2 Å². The van der Waals surface area contributed by atoms with E-state index < -0.39 is 6.10 Å². The second-order valence-electron chi connectivity index (χ2n) is 7.73. The van der Waals surface area contributed by atoms with Crippen LogP contribution in [0.2, 0.25) is 0 Å². The van der Waals surface area contributed by atoms with Gasteiger partial charge in [0.1, 0.15) is 4.88 Å². The smallest absolute Gasteiger partial charge is 0.349 e. The molecule has 2 aliphatic rings. The molecule has 27 heavy (non-hydrogen) atoms. The fourth-order valence-corrected chi connectivity index (χ4v) is 5.11. The normalized spacial score (nSPS) is 19.8. The highest BCUT2D eigenvalue weighted by Gasteiger charge is 2.28. The monoisotopic (exact) mass is 383 g/mol. The number of esters is 1. The van der Waals surface area contributed by atoms with Gasteiger partial charge in [-0.2, -0.15) is 0 Å². The van der Waals surface area contributed by atoms with Crippen molar-refractivity contribution < 1.29 is 14.3 Å². The number of fused-ring (bicyclic) bond motifs is 2. The molecule has 4 nitrogen and oxygen atoms in total. The maximum atomic E-state index is 12.8. The van der Waals surface area contributed by atoms with Crippen molar-refractivity contribution in [1.29, 1.82) is 0 Å². The summed E-state index contributed by atoms with van der Waals surface area (Å²) in [6, 6.07) is 10.2. The lowest BCUT2D eigenvalue weighted by Crippen LogP contribution is -2.42. The number of benzene rings is 1. The maximum absolute atomic E-state index is 12.8. The lowest BCUT2D eigenvalue weighted by molar-refractivity contribution is -0.140. The Kier molecular flexibility index (Phi) is 5.04. The van der Waals surface area contributed by atoms with E-state index in [1.165, 1.54) is 39.3 Å². The van der Waals surface area contributed by atoms with Crippen LogP contribution in [-0.4, -0.2) is 29.4 Å². The Hall–Kier alpha value is -2.14. The molecule has 0 saturated carbocycles. The molecule has 1 aromatic carbocycles. The Bertz CT molecular complexity index is 872. The van der Waals surface area contributed by atoms with Gasteiger partial charge in [0.2, 0.25) is 0 Å². The largest absolute Gasteiger partial charge is 0.448 e. The van der Waals surface area contributed by atoms with Crippen LogP contribution < -0.4 is 0 Å². The quantitative estimate of drug-likeness (QED) is 0.753. The summed E-state index contributed by atoms with van der Waals surface area (Å²) in [5.41, 5.74) is 3.75. The number of hydrogen-bond donors (Lipinski definition) is 0. The van der Waals surface area contributed by atoms with E-state index in [1.807, 2.05) is 18.2 Å². The van der Waals surface area contributed by atoms with Crippen LogP contribution in [0.15, 0.2) is 30.3 Å². The van der Waals surface area contributed by atoms with E-state index in [-0.39, 0.29) is 11.9 Å². The van der Waals surface area contributed by atoms with E-state index in [2.05, 4.69) is 19.1 Å². The van der Waals surface area contributed by atoms with Crippen LogP contribution in [0.5, 0.6) is 0 Å². The Balaban J connectivity index is 1.39. The molecule has 2 atom stereocenters. The minimum absolute atomic E-state index is 0.118. The van der Waals surface area contributed by atoms with E-state index in [1.54, 1.807) is 11.8 Å². The molecule has 1 amide bonds. The molecule has 0 bridgehead atoms. The number of rotatable bonds is 3. The van der Waals surface area contributed by atoms with E-state index in [0.29, 0.717) is 23.9 Å². The molecule has 2 aromatic rings. The molecule has 0 fully saturated rings. The highest BCUT2D eigenvalue weighted by atomic mass is 32.1. The van der Waals surface area contributed by atoms with Crippen molar-refractivity contribution >= 4 is 23.2 Å². The van der Waals surface area contributed by atoms with Gasteiger partial charge in [-0.05, 0) is 61.3 Å². The summed E-state index contributed by atoms with van der Waals surface area (Å²) < 4.78 is 5.52. The second kappa shape index (κ2) is 7.47. The molecule has 0 radical (unpaired) electrons. The number of ether oxygens (including phenoxy) is 1. The second-order valence-corrected chi connectivity index (χ2v) is 8.87. The average Bonchev–Trinajstić information content (AvgIpc) is 3.10. The molecule has 1 aliphatic heterocycles. The highest BCUT2D eigenvalue weighted by Crippen LogP contribution is 2.32. The third-order valence-corrected chi connectivity index (χ3v) is 6.82. The molecule has 2 heterocycles. The van der Waals surface area contributed by atoms with Crippen LogP contribution in [0.1, 0.15) is 51.5 Å². The summed E-state index contributed by atoms with van der Waals surface area (Å²) in [6.07, 6.45) is 3.32. The lowest BCUT2D eigenvalue weighted by Gasteiger charge is -2.30. The van der Waals surface area contributed by atoms with Crippen molar-refractivity contribution in [2.24, 2.45) is 5.92 Å². The molecule has 1 aliphatic carbocycles. The van der Waals surface area contributed by atoms with Gasteiger partial charge >= 0.3 is 5.97 Å². The van der Waals surface area contributed by atoms with Gasteiger partial charge in [-0.3, -0.25) is 4.79 Å². The molecule has 0 saturated heterocycles. The fraction of sp³-hybridized carbons (Fsp3) is 0.455. The van der Waals surface area contributed by atoms with Gasteiger partial charge in [0.25, 0.3) is 5.91 Å². The van der Waals surface area contributed by atoms with Gasteiger partial charge in [-0.15, -0.1) is 11.3 Å². The Labute approximate surface area is 164 Å². The third-order valence-electron chi connectivity index (χ3n) is 5.60. The van der Waals surface area contributed by atoms with E-state index >= 15 is 0 Å². The zero-order valence-electron chi connectivity index (χ0n) is 15.9. The van der Waals surface area contributed by atoms with Gasteiger partial charge in [0.15, 0.2) is 6.10 Å². The van der Waals surface area contributed by atoms with Gasteiger partial charge in [0.05, 0.1) is 0 Å². The Morgan fingerprint density at radius 2 is 1.96 bits per heavy atom. The maximum Gasteiger partial charge on any atom is 0.349 e. The summed E-state index contributed by atoms with van der Waals surface area (Å²) in [5, 5.41) is 0. The first-order valence-corrected chi connectivity index (χ1v) is 10.5. The van der Waals surface area contributed by atoms with Crippen LogP contribution in [0.4, 0.5) is 0 Å². The van der Waals surface area contributed by atoms with Crippen LogP contribution in [0.25, 0.3) is 0 Å². The summed E-state index contributed by atoms with van der Waals surface area (Å²) in [6.45, 7) is 5.18. The van der Waals surface area contributed by atoms with Crippen molar-refractivity contribution in [3.63, 3.8) is 0 Å². The molecule has 142 valence electrons. The molecule has 0 spiro atoms. The molecule has 4 rings (SSSR count). The molecule has 0 N–H and O–H groups in total. The minimum atomic E-state index is -0.763. The first-order chi connectivity index (χ1) is 13.0. The van der Waals surface area contributed by atoms with E-state index in [4.69, 9.17) is 4.74 Å². The fourth-order valence-electron chi connectivity index (χ4n) is 4.02. The van der Waals surface area contributed by atoms with Crippen molar-refractivity contribution in [2.75, 3.05) is 6.54 Å². The molecule has 5 heteroatoms. The summed E-state index contributed by atoms with van der Waals surface area (Å²) >= 11 is 1.53. The number of carbonyl (C=O) groups excluding carboxylic acids is 2. The summed E-state index contributed by atoms with van der Waals surface area (Å²) in [5.74, 6) is 0.173. The molecule has 0 unspecified atom stereocenters. The first-order valence-electron chi connectivity index (χ1n) is 9.69. The number of aryl methyl sites for hydroxylation is 1. The van der Waals surface area contributed by atoms with Crippen molar-refractivity contribution in [3.05, 3.63) is 56.8 Å². The summed E-state index contributed by atoms with van der Waals surface area (Å²) in [7, 11) is 0. The zero-order chi connectivity index (χ0) is 19.0. The average molecular weight is 384 g/mol. The third kappa shape index (κ3) is 3.79. The van der Waals surface area contributed by atoms with Crippen molar-refractivity contribution in [2.45, 2.75) is 52.2 Å². The summed E-state index contributed by atoms with van der Waals surface area (Å²) in [4.78, 5) is 29.0. The van der Waals surface area contributed by atoms with Gasteiger partial charge < -0.3 is 9.64 Å². The van der Waals surface area contributed by atoms with Crippen molar-refractivity contribution in [3.8, 4) is 0 Å². The van der Waals surface area contributed by atoms with E-state index in [0.717, 1.165) is 19.3 Å². The van der Waals surface area contributed by atoms with Crippen LogP contribution >= 0.6 is 11.3 Å². The van der Waals surface area contributed by atoms with Crippen molar-refractivity contribution in [1.82, 2.24) is 4.90 Å². The number of amides is 1. The first kappa shape index (κ1) is 18.2. The SMILES string of the molecule is C[C@@H]1CCc2sc(C(=O)O[C@H](C)C(=O)N3CCc4ccccc4C3)cc2C1. The standard InChI is InChI=1S/C22H25NO3S/c1-14-7-8-19-18(11-14)12-20(27-19)22(25)26-15(2)21(24)23-10-9-16-5-3-4-6-17(16)13-23/h3-6,12,14-15H,7-11,13H2,1-2H3/t14-,15-/m1/s1. The van der Waals surface area contributed by atoms with Gasteiger partial charge in [0, 0.05) is 18.0 Å². The minimum Gasteiger partial charge on any atom is -0.448 e. The predicted octanol–water partition coefficient (Wildman–Crippen LogP) is 4.00.